The van der Waals surface area contributed by atoms with Crippen molar-refractivity contribution in [1.29, 1.82) is 0 Å². The largest absolute Gasteiger partial charge is 0.385 e. The Morgan fingerprint density at radius 2 is 2.13 bits per heavy atom. The molecule has 1 aliphatic heterocycles. The fraction of sp³-hybridized carbons (Fsp3) is 1.00. The molecule has 0 N–H and O–H groups in total. The smallest absolute Gasteiger partial charge is 0.0471 e. The zero-order valence-electron chi connectivity index (χ0n) is 9.47. The average Bonchev–Trinajstić information content (AvgIpc) is 2.30. The molecule has 0 aromatic rings. The van der Waals surface area contributed by atoms with Crippen LogP contribution in [-0.4, -0.2) is 43.8 Å². The molecule has 1 aliphatic rings. The zero-order valence-corrected chi connectivity index (χ0v) is 11.9. The number of thioether (sulfide) groups is 1. The van der Waals surface area contributed by atoms with Gasteiger partial charge in [-0.05, 0) is 36.2 Å². The lowest BCUT2D eigenvalue weighted by Gasteiger charge is -2.35. The van der Waals surface area contributed by atoms with Crippen LogP contribution < -0.4 is 0 Å². The van der Waals surface area contributed by atoms with E-state index in [-0.39, 0.29) is 0 Å². The second kappa shape index (κ2) is 7.93. The van der Waals surface area contributed by atoms with Crippen LogP contribution in [0.5, 0.6) is 0 Å². The molecule has 1 heterocycles. The van der Waals surface area contributed by atoms with Crippen molar-refractivity contribution in [3.05, 3.63) is 0 Å². The zero-order chi connectivity index (χ0) is 11.0. The van der Waals surface area contributed by atoms with Gasteiger partial charge in [0.15, 0.2) is 0 Å². The van der Waals surface area contributed by atoms with E-state index in [2.05, 4.69) is 27.7 Å². The summed E-state index contributed by atoms with van der Waals surface area (Å²) >= 11 is 5.71. The van der Waals surface area contributed by atoms with Gasteiger partial charge >= 0.3 is 0 Å². The highest BCUT2D eigenvalue weighted by molar-refractivity contribution is 9.09. The predicted molar refractivity (Wildman–Crippen MR) is 70.1 cm³/mol. The highest BCUT2D eigenvalue weighted by Gasteiger charge is 2.31. The molecule has 1 fully saturated rings. The van der Waals surface area contributed by atoms with E-state index in [0.29, 0.717) is 5.41 Å². The van der Waals surface area contributed by atoms with Crippen LogP contribution in [0.25, 0.3) is 0 Å². The lowest BCUT2D eigenvalue weighted by molar-refractivity contribution is 0.0374. The summed E-state index contributed by atoms with van der Waals surface area (Å²) in [7, 11) is 1.77. The van der Waals surface area contributed by atoms with Crippen LogP contribution in [0.1, 0.15) is 19.3 Å². The summed E-state index contributed by atoms with van der Waals surface area (Å²) in [5, 5.41) is 1.11. The summed E-state index contributed by atoms with van der Waals surface area (Å²) < 4.78 is 10.5. The minimum atomic E-state index is 0.482. The quantitative estimate of drug-likeness (QED) is 0.532. The first kappa shape index (κ1) is 13.8. The molecule has 0 aromatic carbocycles. The SMILES string of the molecule is COCCCSCC1(CBr)CCOCC1. The number of ether oxygens (including phenoxy) is 2. The first-order chi connectivity index (χ1) is 7.33. The normalized spacial score (nSPS) is 20.4. The van der Waals surface area contributed by atoms with E-state index in [4.69, 9.17) is 9.47 Å². The molecule has 0 aliphatic carbocycles. The lowest BCUT2D eigenvalue weighted by Crippen LogP contribution is -2.33. The molecule has 0 spiro atoms. The van der Waals surface area contributed by atoms with Crippen molar-refractivity contribution >= 4 is 27.7 Å². The van der Waals surface area contributed by atoms with Gasteiger partial charge in [-0.1, -0.05) is 15.9 Å². The molecule has 0 atom stereocenters. The van der Waals surface area contributed by atoms with E-state index in [0.717, 1.165) is 31.6 Å². The first-order valence-electron chi connectivity index (χ1n) is 5.53. The molecule has 90 valence electrons. The number of rotatable bonds is 7. The summed E-state index contributed by atoms with van der Waals surface area (Å²) in [6, 6.07) is 0. The van der Waals surface area contributed by atoms with E-state index in [9.17, 15) is 0 Å². The number of halogens is 1. The molecule has 2 nitrogen and oxygen atoms in total. The standard InChI is InChI=1S/C11H21BrO2S/c1-13-5-2-8-15-10-11(9-12)3-6-14-7-4-11/h2-10H2,1H3. The van der Waals surface area contributed by atoms with Gasteiger partial charge in [-0.2, -0.15) is 11.8 Å². The Kier molecular flexibility index (Phi) is 7.30. The fourth-order valence-corrected chi connectivity index (χ4v) is 4.03. The van der Waals surface area contributed by atoms with Crippen LogP contribution in [0.15, 0.2) is 0 Å². The van der Waals surface area contributed by atoms with Gasteiger partial charge in [-0.15, -0.1) is 0 Å². The summed E-state index contributed by atoms with van der Waals surface area (Å²) in [5.41, 5.74) is 0.482. The molecule has 0 unspecified atom stereocenters. The van der Waals surface area contributed by atoms with Crippen LogP contribution in [0.2, 0.25) is 0 Å². The fourth-order valence-electron chi connectivity index (χ4n) is 1.71. The number of methoxy groups -OCH3 is 1. The summed E-state index contributed by atoms with van der Waals surface area (Å²) in [6.07, 6.45) is 3.57. The molecule has 0 aromatic heterocycles. The Balaban J connectivity index is 2.15. The van der Waals surface area contributed by atoms with Gasteiger partial charge < -0.3 is 9.47 Å². The molecule has 4 heteroatoms. The third-order valence-electron chi connectivity index (χ3n) is 2.88. The maximum Gasteiger partial charge on any atom is 0.0471 e. The van der Waals surface area contributed by atoms with Crippen molar-refractivity contribution in [3.8, 4) is 0 Å². The molecule has 0 amide bonds. The number of hydrogen-bond acceptors (Lipinski definition) is 3. The second-order valence-corrected chi connectivity index (χ2v) is 5.81. The van der Waals surface area contributed by atoms with Crippen LogP contribution in [-0.2, 0) is 9.47 Å². The monoisotopic (exact) mass is 296 g/mol. The van der Waals surface area contributed by atoms with Crippen LogP contribution in [0.4, 0.5) is 0 Å². The molecule has 15 heavy (non-hydrogen) atoms. The Labute approximate surface area is 106 Å². The first-order valence-corrected chi connectivity index (χ1v) is 7.81. The maximum absolute atomic E-state index is 5.42. The van der Waals surface area contributed by atoms with Gasteiger partial charge in [0.25, 0.3) is 0 Å². The lowest BCUT2D eigenvalue weighted by atomic mass is 9.85. The molecule has 0 saturated carbocycles. The van der Waals surface area contributed by atoms with Gasteiger partial charge in [0.05, 0.1) is 0 Å². The Morgan fingerprint density at radius 3 is 2.73 bits per heavy atom. The van der Waals surface area contributed by atoms with Crippen molar-refractivity contribution in [2.24, 2.45) is 5.41 Å². The Hall–Kier alpha value is 0.750. The van der Waals surface area contributed by atoms with E-state index >= 15 is 0 Å². The summed E-state index contributed by atoms with van der Waals surface area (Å²) in [5.74, 6) is 2.47. The highest BCUT2D eigenvalue weighted by Crippen LogP contribution is 2.35. The highest BCUT2D eigenvalue weighted by atomic mass is 79.9. The Morgan fingerprint density at radius 1 is 1.40 bits per heavy atom. The Bertz CT molecular complexity index is 161. The third kappa shape index (κ3) is 5.07. The molecule has 1 rings (SSSR count). The van der Waals surface area contributed by atoms with Gasteiger partial charge in [-0.3, -0.25) is 0 Å². The molecule has 1 saturated heterocycles. The summed E-state index contributed by atoms with van der Waals surface area (Å²) in [4.78, 5) is 0. The van der Waals surface area contributed by atoms with E-state index in [1.54, 1.807) is 7.11 Å². The second-order valence-electron chi connectivity index (χ2n) is 4.14. The van der Waals surface area contributed by atoms with Crippen molar-refractivity contribution in [1.82, 2.24) is 0 Å². The van der Waals surface area contributed by atoms with Gasteiger partial charge in [0.2, 0.25) is 0 Å². The average molecular weight is 297 g/mol. The van der Waals surface area contributed by atoms with Crippen molar-refractivity contribution in [2.75, 3.05) is 43.8 Å². The van der Waals surface area contributed by atoms with Gasteiger partial charge in [0, 0.05) is 32.3 Å². The topological polar surface area (TPSA) is 18.5 Å². The van der Waals surface area contributed by atoms with Crippen molar-refractivity contribution < 1.29 is 9.47 Å². The molecular formula is C11H21BrO2S. The minimum absolute atomic E-state index is 0.482. The molecule has 0 bridgehead atoms. The van der Waals surface area contributed by atoms with Gasteiger partial charge in [0.1, 0.15) is 0 Å². The van der Waals surface area contributed by atoms with E-state index < -0.39 is 0 Å². The van der Waals surface area contributed by atoms with Crippen LogP contribution >= 0.6 is 27.7 Å². The summed E-state index contributed by atoms with van der Waals surface area (Å²) in [6.45, 7) is 2.76. The van der Waals surface area contributed by atoms with Crippen molar-refractivity contribution in [3.63, 3.8) is 0 Å². The predicted octanol–water partition coefficient (Wildman–Crippen LogP) is 2.95. The third-order valence-corrected chi connectivity index (χ3v) is 5.47. The van der Waals surface area contributed by atoms with Crippen LogP contribution in [0, 0.1) is 5.41 Å². The number of hydrogen-bond donors (Lipinski definition) is 0. The van der Waals surface area contributed by atoms with Crippen molar-refractivity contribution in [2.45, 2.75) is 19.3 Å². The molecular weight excluding hydrogens is 276 g/mol. The molecule has 0 radical (unpaired) electrons. The maximum atomic E-state index is 5.42. The van der Waals surface area contributed by atoms with Gasteiger partial charge in [-0.25, -0.2) is 0 Å². The van der Waals surface area contributed by atoms with E-state index in [1.165, 1.54) is 24.3 Å². The van der Waals surface area contributed by atoms with E-state index in [1.807, 2.05) is 0 Å². The number of alkyl halides is 1. The minimum Gasteiger partial charge on any atom is -0.385 e. The van der Waals surface area contributed by atoms with Crippen LogP contribution in [0.3, 0.4) is 0 Å².